The van der Waals surface area contributed by atoms with Gasteiger partial charge in [0.2, 0.25) is 0 Å². The van der Waals surface area contributed by atoms with Crippen LogP contribution in [0.15, 0.2) is 71.8 Å². The summed E-state index contributed by atoms with van der Waals surface area (Å²) in [5.74, 6) is 0. The zero-order chi connectivity index (χ0) is 15.0. The molecule has 0 unspecified atom stereocenters. The van der Waals surface area contributed by atoms with E-state index in [9.17, 15) is 0 Å². The summed E-state index contributed by atoms with van der Waals surface area (Å²) in [5.41, 5.74) is 5.40. The van der Waals surface area contributed by atoms with Gasteiger partial charge in [-0.3, -0.25) is 4.99 Å². The quantitative estimate of drug-likeness (QED) is 0.511. The summed E-state index contributed by atoms with van der Waals surface area (Å²) in [6.45, 7) is 10.1. The maximum atomic E-state index is 4.50. The van der Waals surface area contributed by atoms with E-state index in [4.69, 9.17) is 0 Å². The van der Waals surface area contributed by atoms with Crippen molar-refractivity contribution >= 4 is 11.3 Å². The van der Waals surface area contributed by atoms with Crippen LogP contribution in [0.4, 0.5) is 0 Å². The van der Waals surface area contributed by atoms with Crippen molar-refractivity contribution in [3.8, 4) is 0 Å². The maximum absolute atomic E-state index is 4.50. The summed E-state index contributed by atoms with van der Waals surface area (Å²) in [6.07, 6.45) is 10.2. The zero-order valence-electron chi connectivity index (χ0n) is 12.9. The Hall–Kier alpha value is -2.15. The summed E-state index contributed by atoms with van der Waals surface area (Å²) in [6, 6.07) is 8.26. The molecule has 1 rings (SSSR count). The van der Waals surface area contributed by atoms with Crippen LogP contribution in [-0.2, 0) is 0 Å². The van der Waals surface area contributed by atoms with E-state index >= 15 is 0 Å². The molecular weight excluding hydrogens is 242 g/mol. The van der Waals surface area contributed by atoms with Crippen LogP contribution in [0.25, 0.3) is 5.57 Å². The van der Waals surface area contributed by atoms with Crippen molar-refractivity contribution in [1.82, 2.24) is 0 Å². The van der Waals surface area contributed by atoms with Gasteiger partial charge in [0.25, 0.3) is 0 Å². The van der Waals surface area contributed by atoms with Gasteiger partial charge in [-0.25, -0.2) is 0 Å². The van der Waals surface area contributed by atoms with Crippen LogP contribution in [0, 0.1) is 0 Å². The molecule has 0 N–H and O–H groups in total. The zero-order valence-corrected chi connectivity index (χ0v) is 12.9. The van der Waals surface area contributed by atoms with E-state index in [2.05, 4.69) is 35.9 Å². The van der Waals surface area contributed by atoms with E-state index in [0.717, 1.165) is 28.0 Å². The summed E-state index contributed by atoms with van der Waals surface area (Å²) < 4.78 is 0. The van der Waals surface area contributed by atoms with Gasteiger partial charge in [0.1, 0.15) is 0 Å². The van der Waals surface area contributed by atoms with Crippen LogP contribution >= 0.6 is 0 Å². The minimum atomic E-state index is 0.986. The van der Waals surface area contributed by atoms with Gasteiger partial charge < -0.3 is 0 Å². The highest BCUT2D eigenvalue weighted by Gasteiger charge is 2.11. The molecule has 0 atom stereocenters. The first-order valence-corrected chi connectivity index (χ1v) is 6.83. The van der Waals surface area contributed by atoms with Gasteiger partial charge in [0, 0.05) is 12.6 Å². The Kier molecular flexibility index (Phi) is 6.45. The molecule has 104 valence electrons. The van der Waals surface area contributed by atoms with E-state index in [1.54, 1.807) is 0 Å². The molecule has 0 aromatic heterocycles. The summed E-state index contributed by atoms with van der Waals surface area (Å²) >= 11 is 0. The number of nitrogens with zero attached hydrogens (tertiary/aromatic N) is 1. The molecule has 0 saturated heterocycles. The van der Waals surface area contributed by atoms with Crippen molar-refractivity contribution in [1.29, 1.82) is 0 Å². The van der Waals surface area contributed by atoms with Crippen molar-refractivity contribution in [2.24, 2.45) is 4.99 Å². The molecule has 0 aliphatic heterocycles. The molecule has 1 nitrogen and oxygen atoms in total. The lowest BCUT2D eigenvalue weighted by molar-refractivity contribution is 1.40. The molecule has 20 heavy (non-hydrogen) atoms. The first-order valence-electron chi connectivity index (χ1n) is 6.83. The number of allylic oxidation sites excluding steroid dienone is 7. The van der Waals surface area contributed by atoms with Crippen LogP contribution in [-0.4, -0.2) is 12.8 Å². The molecular formula is C19H23N. The topological polar surface area (TPSA) is 12.4 Å². The van der Waals surface area contributed by atoms with Gasteiger partial charge >= 0.3 is 0 Å². The first kappa shape index (κ1) is 15.9. The van der Waals surface area contributed by atoms with E-state index in [-0.39, 0.29) is 0 Å². The van der Waals surface area contributed by atoms with Crippen LogP contribution in [0.5, 0.6) is 0 Å². The molecule has 0 radical (unpaired) electrons. The van der Waals surface area contributed by atoms with Crippen molar-refractivity contribution in [3.63, 3.8) is 0 Å². The van der Waals surface area contributed by atoms with Crippen molar-refractivity contribution in [2.75, 3.05) is 7.05 Å². The average molecular weight is 265 g/mol. The summed E-state index contributed by atoms with van der Waals surface area (Å²) in [7, 11) is 1.83. The fourth-order valence-electron chi connectivity index (χ4n) is 2.06. The number of hydrogen-bond acceptors (Lipinski definition) is 1. The molecule has 1 heteroatoms. The fourth-order valence-corrected chi connectivity index (χ4v) is 2.06. The van der Waals surface area contributed by atoms with Crippen molar-refractivity contribution in [3.05, 3.63) is 77.9 Å². The summed E-state index contributed by atoms with van der Waals surface area (Å²) in [4.78, 5) is 4.50. The third-order valence-corrected chi connectivity index (χ3v) is 2.95. The smallest absolute Gasteiger partial charge is 0.0721 e. The van der Waals surface area contributed by atoms with Crippen LogP contribution in [0.1, 0.15) is 31.9 Å². The Balaban J connectivity index is 3.43. The van der Waals surface area contributed by atoms with Gasteiger partial charge in [0.05, 0.1) is 5.71 Å². The van der Waals surface area contributed by atoms with Crippen molar-refractivity contribution in [2.45, 2.75) is 20.8 Å². The largest absolute Gasteiger partial charge is 0.287 e. The second-order valence-corrected chi connectivity index (χ2v) is 4.55. The Morgan fingerprint density at radius 3 is 2.25 bits per heavy atom. The predicted octanol–water partition coefficient (Wildman–Crippen LogP) is 5.22. The Bertz CT molecular complexity index is 584. The van der Waals surface area contributed by atoms with Crippen LogP contribution in [0.3, 0.4) is 0 Å². The van der Waals surface area contributed by atoms with E-state index in [1.165, 1.54) is 0 Å². The van der Waals surface area contributed by atoms with Gasteiger partial charge in [-0.15, -0.1) is 0 Å². The molecule has 0 saturated carbocycles. The van der Waals surface area contributed by atoms with Crippen molar-refractivity contribution < 1.29 is 0 Å². The molecule has 1 aromatic rings. The Labute approximate surface area is 122 Å². The highest BCUT2D eigenvalue weighted by Crippen LogP contribution is 2.21. The first-order chi connectivity index (χ1) is 9.65. The van der Waals surface area contributed by atoms with Gasteiger partial charge in [-0.2, -0.15) is 0 Å². The highest BCUT2D eigenvalue weighted by atomic mass is 14.7. The third-order valence-electron chi connectivity index (χ3n) is 2.95. The third kappa shape index (κ3) is 3.92. The Morgan fingerprint density at radius 1 is 1.10 bits per heavy atom. The lowest BCUT2D eigenvalue weighted by Gasteiger charge is -2.12. The second kappa shape index (κ2) is 8.11. The molecule has 0 bridgehead atoms. The van der Waals surface area contributed by atoms with E-state index < -0.39 is 0 Å². The van der Waals surface area contributed by atoms with Crippen LogP contribution in [0.2, 0.25) is 0 Å². The van der Waals surface area contributed by atoms with Gasteiger partial charge in [0.15, 0.2) is 0 Å². The van der Waals surface area contributed by atoms with Gasteiger partial charge in [-0.1, -0.05) is 66.8 Å². The number of benzene rings is 1. The second-order valence-electron chi connectivity index (χ2n) is 4.55. The van der Waals surface area contributed by atoms with E-state index in [1.807, 2.05) is 58.2 Å². The average Bonchev–Trinajstić information content (AvgIpc) is 2.45. The molecule has 0 fully saturated rings. The standard InChI is InChI=1S/C19H23N/c1-6-8-12-16(11-7-2)19(20-5)18-14-10-9-13-17(18)15(3)4/h6-14H,3H2,1-2,4-5H3/b8-6+,11-7-,16-12+,20-19?. The molecule has 0 aliphatic carbocycles. The molecule has 0 aliphatic rings. The maximum Gasteiger partial charge on any atom is 0.0721 e. The number of aliphatic imine (C=N–C) groups is 1. The van der Waals surface area contributed by atoms with E-state index in [0.29, 0.717) is 0 Å². The lowest BCUT2D eigenvalue weighted by atomic mass is 9.93. The monoisotopic (exact) mass is 265 g/mol. The predicted molar refractivity (Wildman–Crippen MR) is 91.3 cm³/mol. The van der Waals surface area contributed by atoms with Gasteiger partial charge in [-0.05, 0) is 31.9 Å². The number of rotatable bonds is 5. The Morgan fingerprint density at radius 2 is 1.75 bits per heavy atom. The minimum absolute atomic E-state index is 0.986. The summed E-state index contributed by atoms with van der Waals surface area (Å²) in [5, 5.41) is 0. The molecule has 0 spiro atoms. The fraction of sp³-hybridized carbons (Fsp3) is 0.211. The SMILES string of the molecule is C=C(C)c1ccccc1C(=NC)C(/C=C\C)=C/C=C/C. The molecule has 0 heterocycles. The number of hydrogen-bond donors (Lipinski definition) is 0. The minimum Gasteiger partial charge on any atom is -0.287 e. The molecule has 1 aromatic carbocycles. The molecule has 0 amide bonds. The highest BCUT2D eigenvalue weighted by molar-refractivity contribution is 6.16. The lowest BCUT2D eigenvalue weighted by Crippen LogP contribution is -2.06. The normalized spacial score (nSPS) is 13.4. The van der Waals surface area contributed by atoms with Crippen LogP contribution < -0.4 is 0 Å².